The van der Waals surface area contributed by atoms with Crippen molar-refractivity contribution in [3.8, 4) is 11.3 Å². The van der Waals surface area contributed by atoms with Crippen LogP contribution in [0.15, 0.2) is 30.5 Å². The van der Waals surface area contributed by atoms with Gasteiger partial charge in [0.15, 0.2) is 0 Å². The molecule has 3 aliphatic carbocycles. The quantitative estimate of drug-likeness (QED) is 0.885. The van der Waals surface area contributed by atoms with E-state index < -0.39 is 6.03 Å². The van der Waals surface area contributed by atoms with Crippen molar-refractivity contribution in [3.05, 3.63) is 36.0 Å². The van der Waals surface area contributed by atoms with Gasteiger partial charge in [0, 0.05) is 37.3 Å². The van der Waals surface area contributed by atoms with Gasteiger partial charge in [0.1, 0.15) is 5.69 Å². The van der Waals surface area contributed by atoms with Crippen molar-refractivity contribution in [2.75, 3.05) is 26.2 Å². The van der Waals surface area contributed by atoms with E-state index in [2.05, 4.69) is 10.3 Å². The van der Waals surface area contributed by atoms with Crippen molar-refractivity contribution < 1.29 is 9.59 Å². The molecule has 0 atom stereocenters. The standard InChI is InChI=1S/C19H22N6O2/c20-18(27)24-7-5-23(6-8-24)17(26)15-3-1-14(2-4-15)16-12-25(22-21-16)19-9-13(10-19)11-19/h1-4,12-13H,5-11H2,(H2,20,27). The Morgan fingerprint density at radius 2 is 1.63 bits per heavy atom. The molecule has 3 amide bonds. The molecular weight excluding hydrogens is 344 g/mol. The van der Waals surface area contributed by atoms with Gasteiger partial charge in [-0.15, -0.1) is 5.10 Å². The molecule has 0 radical (unpaired) electrons. The second-order valence-electron chi connectivity index (χ2n) is 7.95. The monoisotopic (exact) mass is 366 g/mol. The second-order valence-corrected chi connectivity index (χ2v) is 7.95. The minimum atomic E-state index is -0.432. The number of rotatable bonds is 3. The molecule has 0 spiro atoms. The SMILES string of the molecule is NC(=O)N1CCN(C(=O)c2ccc(-c3cn(C45CC(C4)C5)nn3)cc2)CC1. The Morgan fingerprint density at radius 1 is 1.00 bits per heavy atom. The summed E-state index contributed by atoms with van der Waals surface area (Å²) in [5.41, 5.74) is 7.96. The molecule has 8 nitrogen and oxygen atoms in total. The van der Waals surface area contributed by atoms with Crippen LogP contribution in [0.3, 0.4) is 0 Å². The number of piperazine rings is 1. The fourth-order valence-corrected chi connectivity index (χ4v) is 4.44. The van der Waals surface area contributed by atoms with E-state index in [1.54, 1.807) is 9.80 Å². The summed E-state index contributed by atoms with van der Waals surface area (Å²) in [7, 11) is 0. The smallest absolute Gasteiger partial charge is 0.314 e. The maximum atomic E-state index is 12.7. The third-order valence-electron chi connectivity index (χ3n) is 6.29. The molecule has 1 saturated heterocycles. The Hall–Kier alpha value is -2.90. The molecule has 6 rings (SSSR count). The van der Waals surface area contributed by atoms with Crippen LogP contribution < -0.4 is 5.73 Å². The number of carbonyl (C=O) groups excluding carboxylic acids is 2. The Labute approximate surface area is 156 Å². The first kappa shape index (κ1) is 16.3. The summed E-state index contributed by atoms with van der Waals surface area (Å²) in [6.07, 6.45) is 5.71. The Morgan fingerprint density at radius 3 is 2.19 bits per heavy atom. The molecule has 2 bridgehead atoms. The van der Waals surface area contributed by atoms with Crippen LogP contribution in [0, 0.1) is 5.92 Å². The Kier molecular flexibility index (Phi) is 3.50. The van der Waals surface area contributed by atoms with Gasteiger partial charge in [-0.1, -0.05) is 17.3 Å². The molecule has 2 aromatic rings. The number of aromatic nitrogens is 3. The number of carbonyl (C=O) groups is 2. The number of nitrogens with two attached hydrogens (primary N) is 1. The predicted octanol–water partition coefficient (Wildman–Crippen LogP) is 1.29. The third-order valence-corrected chi connectivity index (χ3v) is 6.29. The molecule has 27 heavy (non-hydrogen) atoms. The fourth-order valence-electron chi connectivity index (χ4n) is 4.44. The van der Waals surface area contributed by atoms with Gasteiger partial charge in [0.2, 0.25) is 0 Å². The molecular formula is C19H22N6O2. The zero-order valence-corrected chi connectivity index (χ0v) is 15.0. The Balaban J connectivity index is 1.26. The van der Waals surface area contributed by atoms with Gasteiger partial charge in [0.05, 0.1) is 11.7 Å². The van der Waals surface area contributed by atoms with Crippen molar-refractivity contribution in [2.24, 2.45) is 11.7 Å². The lowest BCUT2D eigenvalue weighted by molar-refractivity contribution is -0.0988. The van der Waals surface area contributed by atoms with Gasteiger partial charge < -0.3 is 15.5 Å². The highest BCUT2D eigenvalue weighted by Gasteiger charge is 2.58. The molecule has 1 aromatic carbocycles. The first-order valence-corrected chi connectivity index (χ1v) is 9.41. The van der Waals surface area contributed by atoms with Gasteiger partial charge in [-0.05, 0) is 37.3 Å². The van der Waals surface area contributed by atoms with Gasteiger partial charge >= 0.3 is 6.03 Å². The fraction of sp³-hybridized carbons (Fsp3) is 0.474. The van der Waals surface area contributed by atoms with Crippen LogP contribution in [0.25, 0.3) is 11.3 Å². The minimum absolute atomic E-state index is 0.0248. The highest BCUT2D eigenvalue weighted by atomic mass is 16.2. The van der Waals surface area contributed by atoms with Crippen LogP contribution in [0.2, 0.25) is 0 Å². The van der Waals surface area contributed by atoms with E-state index in [9.17, 15) is 9.59 Å². The number of nitrogens with zero attached hydrogens (tertiary/aromatic N) is 5. The molecule has 2 heterocycles. The normalized spacial score (nSPS) is 26.3. The topological polar surface area (TPSA) is 97.4 Å². The van der Waals surface area contributed by atoms with Crippen LogP contribution in [-0.2, 0) is 5.54 Å². The molecule has 2 N–H and O–H groups in total. The summed E-state index contributed by atoms with van der Waals surface area (Å²) >= 11 is 0. The number of hydrogen-bond acceptors (Lipinski definition) is 4. The van der Waals surface area contributed by atoms with E-state index in [0.29, 0.717) is 31.7 Å². The van der Waals surface area contributed by atoms with E-state index in [4.69, 9.17) is 5.73 Å². The van der Waals surface area contributed by atoms with Crippen molar-refractivity contribution in [1.82, 2.24) is 24.8 Å². The largest absolute Gasteiger partial charge is 0.351 e. The van der Waals surface area contributed by atoms with E-state index in [1.165, 1.54) is 19.3 Å². The maximum Gasteiger partial charge on any atom is 0.314 e. The predicted molar refractivity (Wildman–Crippen MR) is 97.8 cm³/mol. The minimum Gasteiger partial charge on any atom is -0.351 e. The molecule has 4 fully saturated rings. The molecule has 1 aromatic heterocycles. The number of urea groups is 1. The second kappa shape index (κ2) is 5.80. The van der Waals surface area contributed by atoms with Crippen LogP contribution >= 0.6 is 0 Å². The van der Waals surface area contributed by atoms with Gasteiger partial charge in [-0.3, -0.25) is 4.79 Å². The zero-order chi connectivity index (χ0) is 18.6. The van der Waals surface area contributed by atoms with Crippen molar-refractivity contribution in [3.63, 3.8) is 0 Å². The van der Waals surface area contributed by atoms with E-state index in [1.807, 2.05) is 35.1 Å². The van der Waals surface area contributed by atoms with Crippen molar-refractivity contribution >= 4 is 11.9 Å². The maximum absolute atomic E-state index is 12.7. The van der Waals surface area contributed by atoms with Gasteiger partial charge in [0.25, 0.3) is 5.91 Å². The number of amides is 3. The van der Waals surface area contributed by atoms with Crippen LogP contribution in [0.4, 0.5) is 4.79 Å². The summed E-state index contributed by atoms with van der Waals surface area (Å²) in [4.78, 5) is 27.2. The third kappa shape index (κ3) is 2.58. The summed E-state index contributed by atoms with van der Waals surface area (Å²) in [6, 6.07) is 7.07. The molecule has 4 aliphatic rings. The molecule has 1 aliphatic heterocycles. The number of benzene rings is 1. The summed E-state index contributed by atoms with van der Waals surface area (Å²) in [6.45, 7) is 1.96. The highest BCUT2D eigenvalue weighted by molar-refractivity contribution is 5.94. The Bertz CT molecular complexity index is 880. The molecule has 3 saturated carbocycles. The summed E-state index contributed by atoms with van der Waals surface area (Å²) < 4.78 is 2.03. The zero-order valence-electron chi connectivity index (χ0n) is 15.0. The lowest BCUT2D eigenvalue weighted by Crippen LogP contribution is -2.59. The van der Waals surface area contributed by atoms with Crippen LogP contribution in [0.1, 0.15) is 29.6 Å². The van der Waals surface area contributed by atoms with E-state index in [0.717, 1.165) is 17.2 Å². The van der Waals surface area contributed by atoms with E-state index >= 15 is 0 Å². The van der Waals surface area contributed by atoms with Crippen LogP contribution in [0.5, 0.6) is 0 Å². The van der Waals surface area contributed by atoms with Crippen LogP contribution in [-0.4, -0.2) is 62.9 Å². The van der Waals surface area contributed by atoms with Gasteiger partial charge in [-0.25, -0.2) is 9.48 Å². The summed E-state index contributed by atoms with van der Waals surface area (Å²) in [5.74, 6) is 0.871. The van der Waals surface area contributed by atoms with Crippen molar-refractivity contribution in [2.45, 2.75) is 24.8 Å². The first-order valence-electron chi connectivity index (χ1n) is 9.41. The lowest BCUT2D eigenvalue weighted by atomic mass is 9.50. The average molecular weight is 366 g/mol. The lowest BCUT2D eigenvalue weighted by Gasteiger charge is -2.61. The number of hydrogen-bond donors (Lipinski definition) is 1. The first-order chi connectivity index (χ1) is 13.0. The van der Waals surface area contributed by atoms with E-state index in [-0.39, 0.29) is 11.4 Å². The average Bonchev–Trinajstić information content (AvgIpc) is 3.08. The molecule has 8 heteroatoms. The molecule has 0 unspecified atom stereocenters. The number of primary amides is 1. The molecule has 140 valence electrons. The summed E-state index contributed by atoms with van der Waals surface area (Å²) in [5, 5.41) is 8.64. The van der Waals surface area contributed by atoms with Gasteiger partial charge in [-0.2, -0.15) is 0 Å². The highest BCUT2D eigenvalue weighted by Crippen LogP contribution is 2.61. The van der Waals surface area contributed by atoms with Crippen molar-refractivity contribution in [1.29, 1.82) is 0 Å².